The van der Waals surface area contributed by atoms with Crippen molar-refractivity contribution in [2.24, 2.45) is 0 Å². The lowest BCUT2D eigenvalue weighted by Gasteiger charge is -2.15. The summed E-state index contributed by atoms with van der Waals surface area (Å²) in [4.78, 5) is 27.9. The van der Waals surface area contributed by atoms with E-state index in [0.29, 0.717) is 0 Å². The molecule has 0 saturated heterocycles. The third-order valence-corrected chi connectivity index (χ3v) is 26.9. The molecule has 0 radical (unpaired) electrons. The van der Waals surface area contributed by atoms with Gasteiger partial charge in [-0.15, -0.1) is 104 Å². The molecule has 0 unspecified atom stereocenters. The van der Waals surface area contributed by atoms with Crippen molar-refractivity contribution < 1.29 is 9.53 Å². The van der Waals surface area contributed by atoms with Crippen molar-refractivity contribution >= 4 is 133 Å². The summed E-state index contributed by atoms with van der Waals surface area (Å²) in [5.74, 6) is 3.77. The van der Waals surface area contributed by atoms with Gasteiger partial charge in [0.05, 0.1) is 12.0 Å². The highest BCUT2D eigenvalue weighted by Gasteiger charge is 2.36. The van der Waals surface area contributed by atoms with E-state index in [1.54, 1.807) is 22.7 Å². The summed E-state index contributed by atoms with van der Waals surface area (Å²) in [5, 5.41) is 0.957. The maximum Gasteiger partial charge on any atom is 0.174 e. The number of methoxy groups -OCH3 is 1. The summed E-state index contributed by atoms with van der Waals surface area (Å²) in [6, 6.07) is 28.6. The highest BCUT2D eigenvalue weighted by atomic mass is 32.2. The summed E-state index contributed by atoms with van der Waals surface area (Å²) < 4.78 is 8.83. The van der Waals surface area contributed by atoms with Gasteiger partial charge in [-0.05, 0) is 129 Å². The predicted octanol–water partition coefficient (Wildman–Crippen LogP) is 23.5. The van der Waals surface area contributed by atoms with Crippen LogP contribution in [0.25, 0.3) is 32.0 Å². The van der Waals surface area contributed by atoms with Gasteiger partial charge in [0.1, 0.15) is 0 Å². The van der Waals surface area contributed by atoms with Crippen LogP contribution in [0.3, 0.4) is 0 Å². The average Bonchev–Trinajstić information content (AvgIpc) is 4.34. The Morgan fingerprint density at radius 2 is 0.737 bits per heavy atom. The fraction of sp³-hybridized carbons (Fsp3) is 0.453. The van der Waals surface area contributed by atoms with Gasteiger partial charge in [0.2, 0.25) is 0 Å². The number of aryl methyl sites for hydroxylation is 4. The molecule has 12 heteroatoms. The van der Waals surface area contributed by atoms with Crippen molar-refractivity contribution in [1.82, 2.24) is 0 Å². The normalized spacial score (nSPS) is 12.4. The molecular weight excluding hydrogens is 1120 g/mol. The standard InChI is InChI=1S/C64H76O2S10/c1-6-10-14-18-22-43-26-30-47(71-43)39-67-63(68-40-48-31-27-44(72-48)23-19-15-11-7-2)59-52-36-55-53(35-54(52)61-56(59)34-51(38-65)75-61)60(57-37-58(66-5)76-62(55)57)64(69-41-49-32-28-45(73-49)24-20-16-12-8-3)70-42-50-33-29-46(74-50)25-21-17-13-9-4/h26-38H,6-25,39-42H2,1-5H3. The fourth-order valence-corrected chi connectivity index (χ4v) is 21.6. The first-order valence-electron chi connectivity index (χ1n) is 28.2. The minimum atomic E-state index is 0.799. The molecule has 0 N–H and O–H groups in total. The van der Waals surface area contributed by atoms with Crippen LogP contribution in [-0.2, 0) is 48.7 Å². The molecule has 6 heterocycles. The van der Waals surface area contributed by atoms with E-state index in [2.05, 4.69) is 100 Å². The van der Waals surface area contributed by atoms with Crippen LogP contribution in [0.5, 0.6) is 5.06 Å². The predicted molar refractivity (Wildman–Crippen MR) is 351 cm³/mol. The van der Waals surface area contributed by atoms with E-state index in [9.17, 15) is 4.79 Å². The van der Waals surface area contributed by atoms with Gasteiger partial charge in [0.15, 0.2) is 11.3 Å². The molecule has 7 aromatic rings. The number of benzene rings is 1. The van der Waals surface area contributed by atoms with E-state index in [1.807, 2.05) is 99.5 Å². The minimum Gasteiger partial charge on any atom is -0.487 e. The zero-order chi connectivity index (χ0) is 52.6. The first-order valence-corrected chi connectivity index (χ1v) is 37.0. The molecule has 0 fully saturated rings. The monoisotopic (exact) mass is 1200 g/mol. The molecule has 76 heavy (non-hydrogen) atoms. The van der Waals surface area contributed by atoms with Crippen molar-refractivity contribution in [3.05, 3.63) is 147 Å². The van der Waals surface area contributed by atoms with E-state index in [1.165, 1.54) is 230 Å². The smallest absolute Gasteiger partial charge is 0.174 e. The molecule has 0 aliphatic heterocycles. The van der Waals surface area contributed by atoms with E-state index >= 15 is 0 Å². The quantitative estimate of drug-likeness (QED) is 0.0295. The average molecular weight is 1200 g/mol. The first kappa shape index (κ1) is 58.4. The van der Waals surface area contributed by atoms with Crippen LogP contribution in [0.2, 0.25) is 0 Å². The Labute approximate surface area is 496 Å². The molecule has 0 atom stereocenters. The zero-order valence-corrected chi connectivity index (χ0v) is 53.5. The molecule has 0 saturated carbocycles. The van der Waals surface area contributed by atoms with Crippen molar-refractivity contribution in [3.8, 4) is 25.9 Å². The second kappa shape index (κ2) is 30.0. The number of unbranched alkanes of at least 4 members (excludes halogenated alkanes) is 12. The van der Waals surface area contributed by atoms with Gasteiger partial charge in [-0.3, -0.25) is 4.79 Å². The van der Waals surface area contributed by atoms with Gasteiger partial charge in [-0.2, -0.15) is 0 Å². The van der Waals surface area contributed by atoms with Gasteiger partial charge in [0.25, 0.3) is 0 Å². The number of ether oxygens (including phenoxy) is 1. The van der Waals surface area contributed by atoms with E-state index in [-0.39, 0.29) is 0 Å². The topological polar surface area (TPSA) is 26.3 Å². The van der Waals surface area contributed by atoms with Crippen LogP contribution >= 0.6 is 115 Å². The summed E-state index contributed by atoms with van der Waals surface area (Å²) in [6.45, 7) is 9.18. The Hall–Kier alpha value is -2.23. The fourth-order valence-electron chi connectivity index (χ4n) is 10.2. The number of carbonyl (C=O) groups excluding carboxylic acids is 1. The molecule has 0 bridgehead atoms. The maximum absolute atomic E-state index is 12.8. The third kappa shape index (κ3) is 15.2. The molecule has 0 spiro atoms. The van der Waals surface area contributed by atoms with Gasteiger partial charge in [-0.25, -0.2) is 0 Å². The number of fused-ring (bicyclic) bond motifs is 6. The number of thiophene rings is 6. The largest absolute Gasteiger partial charge is 0.487 e. The summed E-state index contributed by atoms with van der Waals surface area (Å²) >= 11 is 19.6. The first-order chi connectivity index (χ1) is 37.4. The second-order valence-electron chi connectivity index (χ2n) is 20.2. The van der Waals surface area contributed by atoms with Crippen LogP contribution in [0, 0.1) is 0 Å². The van der Waals surface area contributed by atoms with Crippen molar-refractivity contribution in [3.63, 3.8) is 0 Å². The van der Waals surface area contributed by atoms with Gasteiger partial charge in [0, 0.05) is 120 Å². The lowest BCUT2D eigenvalue weighted by molar-refractivity contribution is 0.112. The van der Waals surface area contributed by atoms with Gasteiger partial charge >= 0.3 is 0 Å². The Morgan fingerprint density at radius 1 is 0.395 bits per heavy atom. The zero-order valence-electron chi connectivity index (χ0n) is 45.4. The Bertz CT molecular complexity index is 2920. The number of rotatable bonds is 34. The summed E-state index contributed by atoms with van der Waals surface area (Å²) in [6.07, 6.45) is 26.5. The lowest BCUT2D eigenvalue weighted by atomic mass is 9.98. The van der Waals surface area contributed by atoms with Crippen LogP contribution in [0.15, 0.2) is 81.3 Å². The maximum atomic E-state index is 12.8. The number of thioether (sulfide) groups is 4. The van der Waals surface area contributed by atoms with E-state index in [4.69, 9.17) is 4.74 Å². The molecular formula is C64H76O2S10. The Kier molecular flexibility index (Phi) is 23.1. The highest BCUT2D eigenvalue weighted by molar-refractivity contribution is 8.22. The molecule has 2 nitrogen and oxygen atoms in total. The number of hydrogen-bond acceptors (Lipinski definition) is 12. The summed E-state index contributed by atoms with van der Waals surface area (Å²) in [7, 11) is 1.82. The number of aldehydes is 1. The van der Waals surface area contributed by atoms with Crippen molar-refractivity contribution in [2.45, 2.75) is 179 Å². The Balaban J connectivity index is 1.10. The minimum absolute atomic E-state index is 0.799. The Morgan fingerprint density at radius 3 is 1.08 bits per heavy atom. The third-order valence-electron chi connectivity index (χ3n) is 14.3. The van der Waals surface area contributed by atoms with Crippen LogP contribution < -0.4 is 4.74 Å². The number of carbonyl (C=O) groups is 1. The molecule has 2 aliphatic carbocycles. The molecule has 404 valence electrons. The van der Waals surface area contributed by atoms with Gasteiger partial charge < -0.3 is 4.74 Å². The van der Waals surface area contributed by atoms with Crippen molar-refractivity contribution in [2.75, 3.05) is 7.11 Å². The SMILES string of the molecule is CCCCCCc1ccc(CSC(SCc2ccc(CCCCCC)s2)=C2c3cc4c(cc3-c3sc(C=O)cc32)C(=C(SCc2ccc(CCCCCC)s2)SCc2ccc(CCCCCC)s2)c2cc(OC)sc2-4)s1. The molecule has 1 aromatic carbocycles. The van der Waals surface area contributed by atoms with Crippen LogP contribution in [0.4, 0.5) is 0 Å². The highest BCUT2D eigenvalue weighted by Crippen LogP contribution is 2.61. The van der Waals surface area contributed by atoms with Gasteiger partial charge in [-0.1, -0.05) is 116 Å². The second-order valence-corrected chi connectivity index (χ2v) is 31.7. The molecule has 6 aromatic heterocycles. The molecule has 9 rings (SSSR count). The molecule has 2 aliphatic rings. The van der Waals surface area contributed by atoms with Crippen LogP contribution in [-0.4, -0.2) is 13.4 Å². The van der Waals surface area contributed by atoms with E-state index in [0.717, 1.165) is 39.2 Å². The number of hydrogen-bond donors (Lipinski definition) is 0. The van der Waals surface area contributed by atoms with Crippen molar-refractivity contribution in [1.29, 1.82) is 0 Å². The van der Waals surface area contributed by atoms with E-state index < -0.39 is 0 Å². The van der Waals surface area contributed by atoms with Crippen LogP contribution in [0.1, 0.15) is 201 Å². The molecule has 0 amide bonds. The lowest BCUT2D eigenvalue weighted by Crippen LogP contribution is -1.92. The summed E-state index contributed by atoms with van der Waals surface area (Å²) in [5.41, 5.74) is 10.3.